The predicted molar refractivity (Wildman–Crippen MR) is 99.7 cm³/mol. The van der Waals surface area contributed by atoms with Crippen LogP contribution < -0.4 is 14.8 Å². The minimum absolute atomic E-state index is 0.120. The van der Waals surface area contributed by atoms with E-state index in [0.29, 0.717) is 24.7 Å². The first-order chi connectivity index (χ1) is 13.9. The molecule has 2 heterocycles. The number of morpholine rings is 1. The lowest BCUT2D eigenvalue weighted by atomic mass is 10.1. The van der Waals surface area contributed by atoms with Crippen molar-refractivity contribution in [1.82, 2.24) is 9.62 Å². The Hall–Kier alpha value is -2.69. The molecule has 1 N–H and O–H groups in total. The lowest BCUT2D eigenvalue weighted by molar-refractivity contribution is 0.0730. The molecule has 0 bridgehead atoms. The number of rotatable bonds is 5. The molecular formula is C19H19FN2O6S. The lowest BCUT2D eigenvalue weighted by Crippen LogP contribution is -2.40. The number of fused-ring (bicyclic) bond motifs is 1. The van der Waals surface area contributed by atoms with Crippen LogP contribution >= 0.6 is 0 Å². The number of benzene rings is 2. The maximum Gasteiger partial charge on any atom is 0.254 e. The van der Waals surface area contributed by atoms with E-state index in [2.05, 4.69) is 5.32 Å². The smallest absolute Gasteiger partial charge is 0.254 e. The number of hydrogen-bond donors (Lipinski definition) is 1. The Kier molecular flexibility index (Phi) is 5.39. The third-order valence-electron chi connectivity index (χ3n) is 4.68. The SMILES string of the molecule is O=C(NCc1ccc2c(c1)OCO2)c1cc(S(=O)(=O)N2CCOCC2)ccc1F. The van der Waals surface area contributed by atoms with Crippen LogP contribution in [0.3, 0.4) is 0 Å². The van der Waals surface area contributed by atoms with Crippen LogP contribution in [0.25, 0.3) is 0 Å². The Bertz CT molecular complexity index is 1040. The summed E-state index contributed by atoms with van der Waals surface area (Å²) in [5.41, 5.74) is 0.403. The Balaban J connectivity index is 1.50. The van der Waals surface area contributed by atoms with Crippen molar-refractivity contribution < 1.29 is 31.8 Å². The summed E-state index contributed by atoms with van der Waals surface area (Å²) in [5, 5.41) is 2.60. The summed E-state index contributed by atoms with van der Waals surface area (Å²) in [6.45, 7) is 1.28. The number of nitrogens with zero attached hydrogens (tertiary/aromatic N) is 1. The fraction of sp³-hybridized carbons (Fsp3) is 0.316. The number of nitrogens with one attached hydrogen (secondary N) is 1. The third-order valence-corrected chi connectivity index (χ3v) is 6.57. The van der Waals surface area contributed by atoms with E-state index < -0.39 is 21.7 Å². The molecule has 1 amide bonds. The molecule has 2 aliphatic rings. The highest BCUT2D eigenvalue weighted by molar-refractivity contribution is 7.89. The second-order valence-corrected chi connectivity index (χ2v) is 8.47. The Labute approximate surface area is 167 Å². The monoisotopic (exact) mass is 422 g/mol. The van der Waals surface area contributed by atoms with Crippen LogP contribution in [-0.4, -0.2) is 51.7 Å². The van der Waals surface area contributed by atoms with E-state index in [0.717, 1.165) is 23.8 Å². The molecule has 8 nitrogen and oxygen atoms in total. The van der Waals surface area contributed by atoms with E-state index in [1.165, 1.54) is 4.31 Å². The van der Waals surface area contributed by atoms with Gasteiger partial charge in [0.1, 0.15) is 5.82 Å². The van der Waals surface area contributed by atoms with E-state index in [4.69, 9.17) is 14.2 Å². The molecule has 1 fully saturated rings. The highest BCUT2D eigenvalue weighted by Crippen LogP contribution is 2.32. The number of hydrogen-bond acceptors (Lipinski definition) is 6. The second kappa shape index (κ2) is 7.97. The molecule has 2 aliphatic heterocycles. The van der Waals surface area contributed by atoms with Gasteiger partial charge in [-0.2, -0.15) is 4.31 Å². The van der Waals surface area contributed by atoms with Gasteiger partial charge in [-0.25, -0.2) is 12.8 Å². The molecule has 0 unspecified atom stereocenters. The number of sulfonamides is 1. The lowest BCUT2D eigenvalue weighted by Gasteiger charge is -2.26. The largest absolute Gasteiger partial charge is 0.454 e. The fourth-order valence-corrected chi connectivity index (χ4v) is 4.54. The van der Waals surface area contributed by atoms with Crippen molar-refractivity contribution in [3.05, 3.63) is 53.3 Å². The average molecular weight is 422 g/mol. The highest BCUT2D eigenvalue weighted by Gasteiger charge is 2.28. The van der Waals surface area contributed by atoms with Crippen LogP contribution in [0.4, 0.5) is 4.39 Å². The van der Waals surface area contributed by atoms with Crippen LogP contribution in [0.15, 0.2) is 41.3 Å². The van der Waals surface area contributed by atoms with Crippen LogP contribution in [0.2, 0.25) is 0 Å². The zero-order chi connectivity index (χ0) is 20.4. The van der Waals surface area contributed by atoms with Gasteiger partial charge in [-0.3, -0.25) is 4.79 Å². The molecule has 0 aromatic heterocycles. The summed E-state index contributed by atoms with van der Waals surface area (Å²) in [4.78, 5) is 12.4. The van der Waals surface area contributed by atoms with Gasteiger partial charge >= 0.3 is 0 Å². The number of amides is 1. The molecule has 10 heteroatoms. The zero-order valence-corrected chi connectivity index (χ0v) is 16.2. The van der Waals surface area contributed by atoms with Gasteiger partial charge in [-0.15, -0.1) is 0 Å². The van der Waals surface area contributed by atoms with Gasteiger partial charge in [0.15, 0.2) is 11.5 Å². The van der Waals surface area contributed by atoms with Gasteiger partial charge in [0, 0.05) is 19.6 Å². The van der Waals surface area contributed by atoms with E-state index in [9.17, 15) is 17.6 Å². The van der Waals surface area contributed by atoms with Gasteiger partial charge in [0.05, 0.1) is 23.7 Å². The fourth-order valence-electron chi connectivity index (χ4n) is 3.10. The van der Waals surface area contributed by atoms with Crippen molar-refractivity contribution in [2.24, 2.45) is 0 Å². The van der Waals surface area contributed by atoms with E-state index in [1.54, 1.807) is 18.2 Å². The van der Waals surface area contributed by atoms with E-state index in [1.807, 2.05) is 0 Å². The third kappa shape index (κ3) is 4.04. The van der Waals surface area contributed by atoms with Gasteiger partial charge in [0.25, 0.3) is 5.91 Å². The number of carbonyl (C=O) groups excluding carboxylic acids is 1. The van der Waals surface area contributed by atoms with E-state index >= 15 is 0 Å². The topological polar surface area (TPSA) is 94.2 Å². The molecule has 4 rings (SSSR count). The Morgan fingerprint density at radius 3 is 2.62 bits per heavy atom. The molecule has 0 radical (unpaired) electrons. The van der Waals surface area contributed by atoms with Gasteiger partial charge in [-0.05, 0) is 35.9 Å². The van der Waals surface area contributed by atoms with Crippen LogP contribution in [0.1, 0.15) is 15.9 Å². The van der Waals surface area contributed by atoms with Crippen molar-refractivity contribution in [3.63, 3.8) is 0 Å². The molecule has 29 heavy (non-hydrogen) atoms. The van der Waals surface area contributed by atoms with Crippen molar-refractivity contribution in [3.8, 4) is 11.5 Å². The summed E-state index contributed by atoms with van der Waals surface area (Å²) < 4.78 is 56.7. The van der Waals surface area contributed by atoms with Crippen molar-refractivity contribution >= 4 is 15.9 Å². The quantitative estimate of drug-likeness (QED) is 0.785. The first-order valence-corrected chi connectivity index (χ1v) is 10.4. The molecule has 0 atom stereocenters. The van der Waals surface area contributed by atoms with Crippen molar-refractivity contribution in [2.45, 2.75) is 11.4 Å². The maximum atomic E-state index is 14.2. The second-order valence-electron chi connectivity index (χ2n) is 6.53. The normalized spacial score (nSPS) is 16.6. The number of halogens is 1. The summed E-state index contributed by atoms with van der Waals surface area (Å²) >= 11 is 0. The molecule has 2 aromatic carbocycles. The maximum absolute atomic E-state index is 14.2. The molecule has 0 spiro atoms. The minimum Gasteiger partial charge on any atom is -0.454 e. The van der Waals surface area contributed by atoms with E-state index in [-0.39, 0.29) is 36.9 Å². The first kappa shape index (κ1) is 19.6. The average Bonchev–Trinajstić information content (AvgIpc) is 3.20. The number of ether oxygens (including phenoxy) is 3. The van der Waals surface area contributed by atoms with Gasteiger partial charge in [0.2, 0.25) is 16.8 Å². The van der Waals surface area contributed by atoms with Crippen molar-refractivity contribution in [1.29, 1.82) is 0 Å². The summed E-state index contributed by atoms with van der Waals surface area (Å²) in [6, 6.07) is 8.41. The molecule has 154 valence electrons. The zero-order valence-electron chi connectivity index (χ0n) is 15.4. The molecule has 2 aromatic rings. The predicted octanol–water partition coefficient (Wildman–Crippen LogP) is 1.51. The first-order valence-electron chi connectivity index (χ1n) is 8.99. The Morgan fingerprint density at radius 2 is 1.83 bits per heavy atom. The molecule has 0 aliphatic carbocycles. The molecule has 0 saturated carbocycles. The van der Waals surface area contributed by atoms with Crippen molar-refractivity contribution in [2.75, 3.05) is 33.1 Å². The van der Waals surface area contributed by atoms with Crippen LogP contribution in [-0.2, 0) is 21.3 Å². The summed E-state index contributed by atoms with van der Waals surface area (Å²) in [7, 11) is -3.83. The van der Waals surface area contributed by atoms with Crippen LogP contribution in [0.5, 0.6) is 11.5 Å². The number of carbonyl (C=O) groups is 1. The molecular weight excluding hydrogens is 403 g/mol. The van der Waals surface area contributed by atoms with Gasteiger partial charge < -0.3 is 19.5 Å². The van der Waals surface area contributed by atoms with Gasteiger partial charge in [-0.1, -0.05) is 6.07 Å². The standard InChI is InChI=1S/C19H19FN2O6S/c20-16-3-2-14(29(24,25)22-5-7-26-8-6-22)10-15(16)19(23)21-11-13-1-4-17-18(9-13)28-12-27-17/h1-4,9-10H,5-8,11-12H2,(H,21,23). The summed E-state index contributed by atoms with van der Waals surface area (Å²) in [5.74, 6) is -0.318. The molecule has 1 saturated heterocycles. The highest BCUT2D eigenvalue weighted by atomic mass is 32.2. The Morgan fingerprint density at radius 1 is 1.07 bits per heavy atom. The minimum atomic E-state index is -3.83. The van der Waals surface area contributed by atoms with Crippen LogP contribution in [0, 0.1) is 5.82 Å². The summed E-state index contributed by atoms with van der Waals surface area (Å²) in [6.07, 6.45) is 0.